The molecule has 0 radical (unpaired) electrons. The van der Waals surface area contributed by atoms with Crippen LogP contribution in [-0.4, -0.2) is 36.6 Å². The normalized spacial score (nSPS) is 26.3. The summed E-state index contributed by atoms with van der Waals surface area (Å²) in [5.74, 6) is 0. The molecule has 0 spiro atoms. The van der Waals surface area contributed by atoms with Gasteiger partial charge in [-0.05, 0) is 26.8 Å². The van der Waals surface area contributed by atoms with E-state index in [1.165, 1.54) is 58.0 Å². The summed E-state index contributed by atoms with van der Waals surface area (Å²) in [6.07, 6.45) is 9.93. The van der Waals surface area contributed by atoms with Gasteiger partial charge in [0, 0.05) is 25.2 Å². The van der Waals surface area contributed by atoms with Crippen molar-refractivity contribution in [2.45, 2.75) is 77.8 Å². The van der Waals surface area contributed by atoms with E-state index in [-0.39, 0.29) is 0 Å². The van der Waals surface area contributed by atoms with Crippen LogP contribution in [0.4, 0.5) is 0 Å². The Morgan fingerprint density at radius 3 is 2.35 bits per heavy atom. The van der Waals surface area contributed by atoms with Gasteiger partial charge in [-0.1, -0.05) is 45.4 Å². The highest BCUT2D eigenvalue weighted by Gasteiger charge is 2.21. The first kappa shape index (κ1) is 15.0. The molecule has 0 amide bonds. The molecule has 1 aliphatic rings. The standard InChI is InChI=1S/C15H32N2/c1-4-5-6-7-8-9-10-11-17-13-14(2)16-12-15(17)3/h14-16H,4-13H2,1-3H3. The van der Waals surface area contributed by atoms with E-state index in [0.29, 0.717) is 6.04 Å². The average Bonchev–Trinajstić information content (AvgIpc) is 2.32. The molecule has 1 aliphatic heterocycles. The van der Waals surface area contributed by atoms with E-state index in [1.54, 1.807) is 0 Å². The minimum atomic E-state index is 0.677. The quantitative estimate of drug-likeness (QED) is 0.654. The third-order valence-electron chi connectivity index (χ3n) is 3.94. The predicted octanol–water partition coefficient (Wildman–Crippen LogP) is 3.42. The molecule has 1 saturated heterocycles. The molecule has 0 aromatic rings. The molecule has 1 rings (SSSR count). The second kappa shape index (κ2) is 8.93. The van der Waals surface area contributed by atoms with Gasteiger partial charge >= 0.3 is 0 Å². The fourth-order valence-corrected chi connectivity index (χ4v) is 2.68. The highest BCUT2D eigenvalue weighted by molar-refractivity contribution is 4.80. The summed E-state index contributed by atoms with van der Waals surface area (Å²) >= 11 is 0. The fraction of sp³-hybridized carbons (Fsp3) is 1.00. The largest absolute Gasteiger partial charge is 0.311 e. The second-order valence-corrected chi connectivity index (χ2v) is 5.77. The van der Waals surface area contributed by atoms with E-state index in [9.17, 15) is 0 Å². The lowest BCUT2D eigenvalue weighted by atomic mass is 10.1. The molecular weight excluding hydrogens is 208 g/mol. The van der Waals surface area contributed by atoms with Crippen molar-refractivity contribution in [2.24, 2.45) is 0 Å². The summed E-state index contributed by atoms with van der Waals surface area (Å²) < 4.78 is 0. The molecule has 0 aromatic carbocycles. The van der Waals surface area contributed by atoms with Gasteiger partial charge in [-0.2, -0.15) is 0 Å². The van der Waals surface area contributed by atoms with Gasteiger partial charge in [0.25, 0.3) is 0 Å². The van der Waals surface area contributed by atoms with E-state index < -0.39 is 0 Å². The average molecular weight is 240 g/mol. The van der Waals surface area contributed by atoms with Crippen molar-refractivity contribution in [3.05, 3.63) is 0 Å². The second-order valence-electron chi connectivity index (χ2n) is 5.77. The molecule has 1 N–H and O–H groups in total. The maximum absolute atomic E-state index is 3.54. The Balaban J connectivity index is 1.97. The van der Waals surface area contributed by atoms with Crippen molar-refractivity contribution in [1.82, 2.24) is 10.2 Å². The third kappa shape index (κ3) is 6.42. The van der Waals surface area contributed by atoms with Crippen molar-refractivity contribution in [3.8, 4) is 0 Å². The zero-order valence-corrected chi connectivity index (χ0v) is 12.2. The Morgan fingerprint density at radius 2 is 1.65 bits per heavy atom. The van der Waals surface area contributed by atoms with Gasteiger partial charge in [0.05, 0.1) is 0 Å². The van der Waals surface area contributed by atoms with E-state index in [0.717, 1.165) is 12.6 Å². The van der Waals surface area contributed by atoms with Crippen LogP contribution in [0.15, 0.2) is 0 Å². The monoisotopic (exact) mass is 240 g/mol. The Morgan fingerprint density at radius 1 is 1.00 bits per heavy atom. The van der Waals surface area contributed by atoms with Crippen molar-refractivity contribution < 1.29 is 0 Å². The lowest BCUT2D eigenvalue weighted by Gasteiger charge is -2.37. The van der Waals surface area contributed by atoms with E-state index in [1.807, 2.05) is 0 Å². The molecule has 102 valence electrons. The first-order valence-corrected chi connectivity index (χ1v) is 7.71. The van der Waals surface area contributed by atoms with Crippen molar-refractivity contribution in [2.75, 3.05) is 19.6 Å². The molecule has 0 aliphatic carbocycles. The van der Waals surface area contributed by atoms with Crippen LogP contribution in [0.5, 0.6) is 0 Å². The molecule has 17 heavy (non-hydrogen) atoms. The molecule has 0 bridgehead atoms. The molecule has 0 aromatic heterocycles. The van der Waals surface area contributed by atoms with Crippen LogP contribution < -0.4 is 5.32 Å². The fourth-order valence-electron chi connectivity index (χ4n) is 2.68. The zero-order valence-electron chi connectivity index (χ0n) is 12.2. The van der Waals surface area contributed by atoms with Crippen LogP contribution in [-0.2, 0) is 0 Å². The van der Waals surface area contributed by atoms with Gasteiger partial charge in [0.1, 0.15) is 0 Å². The van der Waals surface area contributed by atoms with Crippen molar-refractivity contribution in [3.63, 3.8) is 0 Å². The molecule has 2 unspecified atom stereocenters. The van der Waals surface area contributed by atoms with Crippen LogP contribution in [0.25, 0.3) is 0 Å². The van der Waals surface area contributed by atoms with E-state index >= 15 is 0 Å². The minimum Gasteiger partial charge on any atom is -0.311 e. The number of hydrogen-bond donors (Lipinski definition) is 1. The first-order chi connectivity index (χ1) is 8.24. The number of hydrogen-bond acceptors (Lipinski definition) is 2. The number of nitrogens with zero attached hydrogens (tertiary/aromatic N) is 1. The summed E-state index contributed by atoms with van der Waals surface area (Å²) in [5, 5.41) is 3.54. The van der Waals surface area contributed by atoms with Crippen LogP contribution in [0, 0.1) is 0 Å². The van der Waals surface area contributed by atoms with Gasteiger partial charge in [-0.3, -0.25) is 4.90 Å². The Kier molecular flexibility index (Phi) is 7.87. The number of nitrogens with one attached hydrogen (secondary N) is 1. The summed E-state index contributed by atoms with van der Waals surface area (Å²) in [5.41, 5.74) is 0. The van der Waals surface area contributed by atoms with E-state index in [4.69, 9.17) is 0 Å². The zero-order chi connectivity index (χ0) is 12.5. The van der Waals surface area contributed by atoms with Gasteiger partial charge in [-0.25, -0.2) is 0 Å². The van der Waals surface area contributed by atoms with Crippen LogP contribution in [0.1, 0.15) is 65.7 Å². The van der Waals surface area contributed by atoms with Crippen LogP contribution in [0.3, 0.4) is 0 Å². The number of piperazine rings is 1. The SMILES string of the molecule is CCCCCCCCCN1CC(C)NCC1C. The summed E-state index contributed by atoms with van der Waals surface area (Å²) in [4.78, 5) is 2.66. The van der Waals surface area contributed by atoms with Gasteiger partial charge in [0.2, 0.25) is 0 Å². The predicted molar refractivity (Wildman–Crippen MR) is 76.5 cm³/mol. The van der Waals surface area contributed by atoms with Gasteiger partial charge in [0.15, 0.2) is 0 Å². The summed E-state index contributed by atoms with van der Waals surface area (Å²) in [7, 11) is 0. The topological polar surface area (TPSA) is 15.3 Å². The lowest BCUT2D eigenvalue weighted by Crippen LogP contribution is -2.54. The molecule has 1 fully saturated rings. The molecule has 2 nitrogen and oxygen atoms in total. The first-order valence-electron chi connectivity index (χ1n) is 7.71. The number of unbranched alkanes of at least 4 members (excludes halogenated alkanes) is 6. The molecule has 0 saturated carbocycles. The molecule has 1 heterocycles. The Hall–Kier alpha value is -0.0800. The highest BCUT2D eigenvalue weighted by Crippen LogP contribution is 2.11. The Labute approximate surface area is 108 Å². The van der Waals surface area contributed by atoms with Gasteiger partial charge in [-0.15, -0.1) is 0 Å². The maximum atomic E-state index is 3.54. The van der Waals surface area contributed by atoms with Crippen molar-refractivity contribution in [1.29, 1.82) is 0 Å². The van der Waals surface area contributed by atoms with Gasteiger partial charge < -0.3 is 5.32 Å². The van der Waals surface area contributed by atoms with Crippen LogP contribution in [0.2, 0.25) is 0 Å². The lowest BCUT2D eigenvalue weighted by molar-refractivity contribution is 0.144. The molecule has 2 atom stereocenters. The highest BCUT2D eigenvalue weighted by atomic mass is 15.2. The smallest absolute Gasteiger partial charge is 0.0193 e. The Bertz CT molecular complexity index is 182. The molecule has 2 heteroatoms. The molecular formula is C15H32N2. The minimum absolute atomic E-state index is 0.677. The summed E-state index contributed by atoms with van der Waals surface area (Å²) in [6.45, 7) is 10.6. The van der Waals surface area contributed by atoms with E-state index in [2.05, 4.69) is 31.0 Å². The maximum Gasteiger partial charge on any atom is 0.0193 e. The van der Waals surface area contributed by atoms with Crippen molar-refractivity contribution >= 4 is 0 Å². The summed E-state index contributed by atoms with van der Waals surface area (Å²) in [6, 6.07) is 1.40. The van der Waals surface area contributed by atoms with Crippen LogP contribution >= 0.6 is 0 Å². The third-order valence-corrected chi connectivity index (χ3v) is 3.94. The number of rotatable bonds is 8.